The highest BCUT2D eigenvalue weighted by Crippen LogP contribution is 2.15. The summed E-state index contributed by atoms with van der Waals surface area (Å²) in [6.07, 6.45) is 0.627. The summed E-state index contributed by atoms with van der Waals surface area (Å²) in [5.41, 5.74) is 4.11. The van der Waals surface area contributed by atoms with Crippen molar-refractivity contribution in [2.24, 2.45) is 0 Å². The summed E-state index contributed by atoms with van der Waals surface area (Å²) in [5.74, 6) is 0. The van der Waals surface area contributed by atoms with Crippen LogP contribution in [0, 0.1) is 13.8 Å². The van der Waals surface area contributed by atoms with Gasteiger partial charge in [0.05, 0.1) is 6.10 Å². The van der Waals surface area contributed by atoms with Crippen molar-refractivity contribution >= 4 is 0 Å². The van der Waals surface area contributed by atoms with Gasteiger partial charge in [0, 0.05) is 13.1 Å². The standard InChI is InChI=1S/C14H23NO/c1-11-6-5-7-12(2)14(11)10-15(4)9-8-13(3)16/h5-7,13,16H,8-10H2,1-4H3. The molecule has 0 fully saturated rings. The zero-order valence-electron chi connectivity index (χ0n) is 10.8. The fraction of sp³-hybridized carbons (Fsp3) is 0.571. The van der Waals surface area contributed by atoms with Crippen LogP contribution in [-0.2, 0) is 6.54 Å². The molecular weight excluding hydrogens is 198 g/mol. The predicted molar refractivity (Wildman–Crippen MR) is 68.5 cm³/mol. The van der Waals surface area contributed by atoms with Crippen molar-refractivity contribution in [3.05, 3.63) is 34.9 Å². The van der Waals surface area contributed by atoms with Gasteiger partial charge in [0.25, 0.3) is 0 Å². The summed E-state index contributed by atoms with van der Waals surface area (Å²) < 4.78 is 0. The van der Waals surface area contributed by atoms with Gasteiger partial charge < -0.3 is 10.0 Å². The molecule has 2 heteroatoms. The van der Waals surface area contributed by atoms with Gasteiger partial charge in [-0.05, 0) is 50.9 Å². The molecule has 0 bridgehead atoms. The molecule has 16 heavy (non-hydrogen) atoms. The van der Waals surface area contributed by atoms with Crippen LogP contribution in [0.1, 0.15) is 30.0 Å². The molecule has 0 radical (unpaired) electrons. The van der Waals surface area contributed by atoms with Crippen LogP contribution in [0.5, 0.6) is 0 Å². The average molecular weight is 221 g/mol. The van der Waals surface area contributed by atoms with E-state index in [1.807, 2.05) is 6.92 Å². The van der Waals surface area contributed by atoms with Crippen LogP contribution < -0.4 is 0 Å². The molecule has 1 unspecified atom stereocenters. The maximum Gasteiger partial charge on any atom is 0.0524 e. The zero-order valence-corrected chi connectivity index (χ0v) is 10.8. The van der Waals surface area contributed by atoms with Crippen LogP contribution in [0.2, 0.25) is 0 Å². The monoisotopic (exact) mass is 221 g/mol. The number of nitrogens with zero attached hydrogens (tertiary/aromatic N) is 1. The van der Waals surface area contributed by atoms with E-state index < -0.39 is 0 Å². The highest BCUT2D eigenvalue weighted by Gasteiger charge is 2.06. The second-order valence-electron chi connectivity index (χ2n) is 4.75. The van der Waals surface area contributed by atoms with E-state index in [0.29, 0.717) is 0 Å². The number of aryl methyl sites for hydroxylation is 2. The Bertz CT molecular complexity index is 313. The minimum atomic E-state index is -0.208. The van der Waals surface area contributed by atoms with Crippen LogP contribution in [0.4, 0.5) is 0 Å². The molecule has 1 N–H and O–H groups in total. The van der Waals surface area contributed by atoms with Crippen molar-refractivity contribution in [1.82, 2.24) is 4.90 Å². The second-order valence-corrected chi connectivity index (χ2v) is 4.75. The van der Waals surface area contributed by atoms with Crippen molar-refractivity contribution in [2.75, 3.05) is 13.6 Å². The largest absolute Gasteiger partial charge is 0.393 e. The van der Waals surface area contributed by atoms with Crippen molar-refractivity contribution in [2.45, 2.75) is 39.8 Å². The van der Waals surface area contributed by atoms with Crippen molar-refractivity contribution in [3.8, 4) is 0 Å². The van der Waals surface area contributed by atoms with E-state index in [4.69, 9.17) is 0 Å². The molecular formula is C14H23NO. The minimum absolute atomic E-state index is 0.208. The Labute approximate surface area is 98.9 Å². The summed E-state index contributed by atoms with van der Waals surface area (Å²) in [7, 11) is 2.11. The molecule has 0 aromatic heterocycles. The van der Waals surface area contributed by atoms with E-state index in [9.17, 15) is 5.11 Å². The molecule has 0 aliphatic rings. The van der Waals surface area contributed by atoms with E-state index in [2.05, 4.69) is 44.0 Å². The molecule has 2 nitrogen and oxygen atoms in total. The molecule has 90 valence electrons. The van der Waals surface area contributed by atoms with Gasteiger partial charge in [-0.25, -0.2) is 0 Å². The third kappa shape index (κ3) is 3.95. The molecule has 0 saturated heterocycles. The molecule has 0 saturated carbocycles. The number of benzene rings is 1. The zero-order chi connectivity index (χ0) is 12.1. The Morgan fingerprint density at radius 1 is 1.25 bits per heavy atom. The molecule has 0 amide bonds. The summed E-state index contributed by atoms with van der Waals surface area (Å²) >= 11 is 0. The van der Waals surface area contributed by atoms with E-state index in [1.165, 1.54) is 16.7 Å². The van der Waals surface area contributed by atoms with Gasteiger partial charge in [0.1, 0.15) is 0 Å². The number of hydrogen-bond acceptors (Lipinski definition) is 2. The highest BCUT2D eigenvalue weighted by molar-refractivity contribution is 5.33. The van der Waals surface area contributed by atoms with Gasteiger partial charge in [-0.1, -0.05) is 18.2 Å². The van der Waals surface area contributed by atoms with Crippen LogP contribution in [0.25, 0.3) is 0 Å². The number of aliphatic hydroxyl groups is 1. The maximum atomic E-state index is 9.25. The molecule has 1 atom stereocenters. The van der Waals surface area contributed by atoms with Crippen molar-refractivity contribution < 1.29 is 5.11 Å². The van der Waals surface area contributed by atoms with Gasteiger partial charge in [-0.3, -0.25) is 0 Å². The third-order valence-corrected chi connectivity index (χ3v) is 3.00. The second kappa shape index (κ2) is 6.02. The Morgan fingerprint density at radius 2 is 1.81 bits per heavy atom. The van der Waals surface area contributed by atoms with Crippen LogP contribution in [0.3, 0.4) is 0 Å². The Morgan fingerprint density at radius 3 is 2.31 bits per heavy atom. The number of aliphatic hydroxyl groups excluding tert-OH is 1. The molecule has 0 spiro atoms. The predicted octanol–water partition coefficient (Wildman–Crippen LogP) is 2.51. The summed E-state index contributed by atoms with van der Waals surface area (Å²) in [5, 5.41) is 9.25. The number of hydrogen-bond donors (Lipinski definition) is 1. The van der Waals surface area contributed by atoms with E-state index >= 15 is 0 Å². The SMILES string of the molecule is Cc1cccc(C)c1CN(C)CCC(C)O. The first-order valence-electron chi connectivity index (χ1n) is 5.92. The first kappa shape index (κ1) is 13.2. The van der Waals surface area contributed by atoms with Crippen LogP contribution in [-0.4, -0.2) is 29.7 Å². The summed E-state index contributed by atoms with van der Waals surface area (Å²) in [4.78, 5) is 2.27. The molecule has 0 aliphatic carbocycles. The molecule has 1 rings (SSSR count). The Balaban J connectivity index is 2.59. The van der Waals surface area contributed by atoms with E-state index in [-0.39, 0.29) is 6.10 Å². The van der Waals surface area contributed by atoms with E-state index in [1.54, 1.807) is 0 Å². The van der Waals surface area contributed by atoms with Gasteiger partial charge in [0.2, 0.25) is 0 Å². The topological polar surface area (TPSA) is 23.5 Å². The van der Waals surface area contributed by atoms with Gasteiger partial charge >= 0.3 is 0 Å². The fourth-order valence-electron chi connectivity index (χ4n) is 1.85. The lowest BCUT2D eigenvalue weighted by atomic mass is 10.0. The lowest BCUT2D eigenvalue weighted by Gasteiger charge is -2.20. The lowest BCUT2D eigenvalue weighted by Crippen LogP contribution is -2.22. The molecule has 1 aromatic carbocycles. The summed E-state index contributed by atoms with van der Waals surface area (Å²) in [6.45, 7) is 8.05. The average Bonchev–Trinajstić information content (AvgIpc) is 2.21. The Kier molecular flexibility index (Phi) is 4.97. The van der Waals surface area contributed by atoms with Crippen molar-refractivity contribution in [3.63, 3.8) is 0 Å². The smallest absolute Gasteiger partial charge is 0.0524 e. The van der Waals surface area contributed by atoms with Gasteiger partial charge in [-0.2, -0.15) is 0 Å². The van der Waals surface area contributed by atoms with Crippen LogP contribution in [0.15, 0.2) is 18.2 Å². The normalized spacial score (nSPS) is 13.1. The quantitative estimate of drug-likeness (QED) is 0.826. The lowest BCUT2D eigenvalue weighted by molar-refractivity contribution is 0.163. The first-order chi connectivity index (χ1) is 7.50. The number of rotatable bonds is 5. The van der Waals surface area contributed by atoms with Crippen molar-refractivity contribution in [1.29, 1.82) is 0 Å². The van der Waals surface area contributed by atoms with E-state index in [0.717, 1.165) is 19.5 Å². The van der Waals surface area contributed by atoms with Gasteiger partial charge in [-0.15, -0.1) is 0 Å². The maximum absolute atomic E-state index is 9.25. The summed E-state index contributed by atoms with van der Waals surface area (Å²) in [6, 6.07) is 6.42. The molecule has 0 heterocycles. The highest BCUT2D eigenvalue weighted by atomic mass is 16.3. The minimum Gasteiger partial charge on any atom is -0.393 e. The molecule has 1 aromatic rings. The third-order valence-electron chi connectivity index (χ3n) is 3.00. The van der Waals surface area contributed by atoms with Crippen LogP contribution >= 0.6 is 0 Å². The van der Waals surface area contributed by atoms with Gasteiger partial charge in [0.15, 0.2) is 0 Å². The first-order valence-corrected chi connectivity index (χ1v) is 5.92. The Hall–Kier alpha value is -0.860. The molecule has 0 aliphatic heterocycles. The fourth-order valence-corrected chi connectivity index (χ4v) is 1.85.